The van der Waals surface area contributed by atoms with E-state index in [9.17, 15) is 23.1 Å². The van der Waals surface area contributed by atoms with Crippen LogP contribution in [0.1, 0.15) is 61.8 Å². The molecule has 2 aromatic carbocycles. The first-order valence-corrected chi connectivity index (χ1v) is 18.1. The molecular formula is C34H46ClN5O8S. The van der Waals surface area contributed by atoms with Crippen molar-refractivity contribution in [3.63, 3.8) is 0 Å². The fraction of sp³-hybridized carbons (Fsp3) is 0.500. The fourth-order valence-corrected chi connectivity index (χ4v) is 6.85. The van der Waals surface area contributed by atoms with Crippen LogP contribution < -0.4 is 15.4 Å². The van der Waals surface area contributed by atoms with Crippen molar-refractivity contribution in [1.82, 2.24) is 14.4 Å². The molecule has 0 saturated heterocycles. The van der Waals surface area contributed by atoms with Gasteiger partial charge in [0, 0.05) is 43.4 Å². The molecule has 4 rings (SSSR count). The highest BCUT2D eigenvalue weighted by atomic mass is 35.5. The molecule has 0 fully saturated rings. The van der Waals surface area contributed by atoms with Crippen molar-refractivity contribution in [3.8, 4) is 5.75 Å². The molecule has 0 spiro atoms. The molecule has 0 bridgehead atoms. The van der Waals surface area contributed by atoms with E-state index < -0.39 is 34.1 Å². The Morgan fingerprint density at radius 2 is 1.86 bits per heavy atom. The lowest BCUT2D eigenvalue weighted by Crippen LogP contribution is -2.48. The number of aliphatic hydroxyl groups excluding tert-OH is 1. The van der Waals surface area contributed by atoms with Gasteiger partial charge in [0.2, 0.25) is 10.0 Å². The number of nitrogens with zero attached hydrogens (tertiary/aromatic N) is 3. The summed E-state index contributed by atoms with van der Waals surface area (Å²) >= 11 is 5.98. The minimum Gasteiger partial charge on any atom is -0.490 e. The van der Waals surface area contributed by atoms with Gasteiger partial charge in [-0.1, -0.05) is 23.7 Å². The molecule has 3 N–H and O–H groups in total. The molecule has 0 saturated carbocycles. The molecule has 49 heavy (non-hydrogen) atoms. The van der Waals surface area contributed by atoms with Gasteiger partial charge in [-0.05, 0) is 89.4 Å². The van der Waals surface area contributed by atoms with Crippen LogP contribution in [0.4, 0.5) is 16.2 Å². The summed E-state index contributed by atoms with van der Waals surface area (Å²) in [5.41, 5.74) is 1.51. The summed E-state index contributed by atoms with van der Waals surface area (Å²) in [6, 6.07) is 9.65. The van der Waals surface area contributed by atoms with Gasteiger partial charge in [-0.3, -0.25) is 4.79 Å². The monoisotopic (exact) mass is 719 g/mol. The van der Waals surface area contributed by atoms with Crippen molar-refractivity contribution in [3.05, 3.63) is 64.5 Å². The zero-order valence-electron chi connectivity index (χ0n) is 28.7. The van der Waals surface area contributed by atoms with E-state index >= 15 is 0 Å². The maximum absolute atomic E-state index is 14.4. The van der Waals surface area contributed by atoms with Crippen LogP contribution in [0.3, 0.4) is 0 Å². The Hall–Kier alpha value is -3.69. The molecule has 1 aromatic heterocycles. The average molecular weight is 720 g/mol. The number of aliphatic hydroxyl groups is 1. The molecule has 2 heterocycles. The molecule has 3 amide bonds. The Morgan fingerprint density at radius 1 is 1.14 bits per heavy atom. The standard InChI is InChI=1S/C34H46ClN5O8S/c1-21-18-40(22(2)20-41)33(42)29-17-27(36-34(43)37-32-24(4)38-48-25(32)5)12-15-30(29)47-23(3)9-7-8-16-46-31(21)19-39(6)49(44,45)28-13-10-26(35)11-14-28/h10-15,17,21-23,31,41H,7-9,16,18-20H2,1-6H3,(H2,36,37,43)/t21-,22-,23-,31+/m1/s1. The molecule has 0 unspecified atom stereocenters. The van der Waals surface area contributed by atoms with Crippen molar-refractivity contribution in [1.29, 1.82) is 0 Å². The lowest BCUT2D eigenvalue weighted by atomic mass is 10.0. The van der Waals surface area contributed by atoms with Crippen LogP contribution in [-0.4, -0.2) is 91.4 Å². The lowest BCUT2D eigenvalue weighted by molar-refractivity contribution is -0.00833. The third kappa shape index (κ3) is 9.73. The molecular weight excluding hydrogens is 674 g/mol. The van der Waals surface area contributed by atoms with Crippen LogP contribution in [0.15, 0.2) is 51.9 Å². The van der Waals surface area contributed by atoms with Crippen LogP contribution in [0.2, 0.25) is 5.02 Å². The third-order valence-corrected chi connectivity index (χ3v) is 10.6. The molecule has 268 valence electrons. The van der Waals surface area contributed by atoms with E-state index in [0.717, 1.165) is 12.8 Å². The smallest absolute Gasteiger partial charge is 0.323 e. The molecule has 13 nitrogen and oxygen atoms in total. The molecule has 1 aliphatic rings. The summed E-state index contributed by atoms with van der Waals surface area (Å²) < 4.78 is 45.8. The SMILES string of the molecule is Cc1noc(C)c1NC(=O)Nc1ccc2c(c1)C(=O)N([C@H](C)CO)C[C@@H](C)[C@H](CN(C)S(=O)(=O)c1ccc(Cl)cc1)OCCCC[C@@H](C)O2. The average Bonchev–Trinajstić information content (AvgIpc) is 3.38. The maximum atomic E-state index is 14.4. The predicted octanol–water partition coefficient (Wildman–Crippen LogP) is 5.71. The number of hydrogen-bond acceptors (Lipinski definition) is 9. The largest absolute Gasteiger partial charge is 0.490 e. The number of aryl methyl sites for hydroxylation is 2. The Balaban J connectivity index is 1.63. The highest BCUT2D eigenvalue weighted by Gasteiger charge is 2.32. The number of benzene rings is 2. The first kappa shape index (κ1) is 38.1. The normalized spacial score (nSPS) is 20.2. The first-order chi connectivity index (χ1) is 23.2. The summed E-state index contributed by atoms with van der Waals surface area (Å²) in [5, 5.41) is 20.0. The van der Waals surface area contributed by atoms with Gasteiger partial charge in [0.05, 0.1) is 35.3 Å². The lowest BCUT2D eigenvalue weighted by Gasteiger charge is -2.35. The Kier molecular flexibility index (Phi) is 13.1. The number of anilines is 2. The van der Waals surface area contributed by atoms with Crippen molar-refractivity contribution in [2.75, 3.05) is 44.0 Å². The van der Waals surface area contributed by atoms with Gasteiger partial charge < -0.3 is 34.6 Å². The number of ether oxygens (including phenoxy) is 2. The van der Waals surface area contributed by atoms with E-state index in [2.05, 4.69) is 15.8 Å². The van der Waals surface area contributed by atoms with Crippen LogP contribution in [0.25, 0.3) is 0 Å². The second-order valence-electron chi connectivity index (χ2n) is 12.5. The van der Waals surface area contributed by atoms with Crippen molar-refractivity contribution < 1.29 is 37.1 Å². The molecule has 15 heteroatoms. The number of hydrogen-bond donors (Lipinski definition) is 3. The second-order valence-corrected chi connectivity index (χ2v) is 15.0. The number of likely N-dealkylation sites (N-methyl/N-ethyl adjacent to an activating group) is 1. The van der Waals surface area contributed by atoms with Crippen LogP contribution >= 0.6 is 11.6 Å². The number of rotatable bonds is 8. The fourth-order valence-electron chi connectivity index (χ4n) is 5.54. The summed E-state index contributed by atoms with van der Waals surface area (Å²) in [6.07, 6.45) is 1.35. The van der Waals surface area contributed by atoms with Gasteiger partial charge in [-0.15, -0.1) is 0 Å². The van der Waals surface area contributed by atoms with Crippen molar-refractivity contribution >= 4 is 44.9 Å². The Morgan fingerprint density at radius 3 is 2.51 bits per heavy atom. The number of nitrogens with one attached hydrogen (secondary N) is 2. The number of amides is 3. The maximum Gasteiger partial charge on any atom is 0.323 e. The van der Waals surface area contributed by atoms with E-state index in [0.29, 0.717) is 46.6 Å². The number of aromatic nitrogens is 1. The number of urea groups is 1. The third-order valence-electron chi connectivity index (χ3n) is 8.54. The summed E-state index contributed by atoms with van der Waals surface area (Å²) in [7, 11) is -2.36. The predicted molar refractivity (Wildman–Crippen MR) is 187 cm³/mol. The molecule has 3 aromatic rings. The quantitative estimate of drug-likeness (QED) is 0.265. The van der Waals surface area contributed by atoms with E-state index in [1.165, 1.54) is 40.5 Å². The Bertz CT molecular complexity index is 1680. The van der Waals surface area contributed by atoms with Gasteiger partial charge >= 0.3 is 6.03 Å². The minimum absolute atomic E-state index is 0.0338. The molecule has 0 radical (unpaired) electrons. The van der Waals surface area contributed by atoms with Gasteiger partial charge in [0.25, 0.3) is 5.91 Å². The summed E-state index contributed by atoms with van der Waals surface area (Å²) in [5.74, 6) is 0.0151. The van der Waals surface area contributed by atoms with E-state index in [4.69, 9.17) is 25.6 Å². The second kappa shape index (κ2) is 16.8. The molecule has 0 aliphatic carbocycles. The highest BCUT2D eigenvalue weighted by Crippen LogP contribution is 2.29. The minimum atomic E-state index is -3.86. The van der Waals surface area contributed by atoms with E-state index in [1.54, 1.807) is 39.0 Å². The number of sulfonamides is 1. The number of carbonyl (C=O) groups is 2. The summed E-state index contributed by atoms with van der Waals surface area (Å²) in [4.78, 5) is 28.9. The van der Waals surface area contributed by atoms with E-state index in [1.807, 2.05) is 13.8 Å². The Labute approximate surface area is 292 Å². The van der Waals surface area contributed by atoms with Gasteiger partial charge in [-0.2, -0.15) is 4.31 Å². The van der Waals surface area contributed by atoms with Gasteiger partial charge in [0.1, 0.15) is 17.1 Å². The van der Waals surface area contributed by atoms with Gasteiger partial charge in [0.15, 0.2) is 5.76 Å². The highest BCUT2D eigenvalue weighted by molar-refractivity contribution is 7.89. The topological polar surface area (TPSA) is 164 Å². The number of fused-ring (bicyclic) bond motifs is 1. The van der Waals surface area contributed by atoms with Crippen LogP contribution in [0.5, 0.6) is 5.75 Å². The van der Waals surface area contributed by atoms with Crippen molar-refractivity contribution in [2.45, 2.75) is 77.0 Å². The number of carbonyl (C=O) groups excluding carboxylic acids is 2. The zero-order valence-corrected chi connectivity index (χ0v) is 30.3. The van der Waals surface area contributed by atoms with Gasteiger partial charge in [-0.25, -0.2) is 13.2 Å². The van der Waals surface area contributed by atoms with Crippen LogP contribution in [-0.2, 0) is 14.8 Å². The van der Waals surface area contributed by atoms with Crippen LogP contribution in [0, 0.1) is 19.8 Å². The molecule has 4 atom stereocenters. The van der Waals surface area contributed by atoms with E-state index in [-0.39, 0.29) is 42.2 Å². The summed E-state index contributed by atoms with van der Waals surface area (Å²) in [6.45, 7) is 9.16. The van der Waals surface area contributed by atoms with Crippen molar-refractivity contribution in [2.24, 2.45) is 5.92 Å². The number of halogens is 1. The first-order valence-electron chi connectivity index (χ1n) is 16.3. The molecule has 1 aliphatic heterocycles. The zero-order chi connectivity index (χ0) is 35.9.